The second-order valence-corrected chi connectivity index (χ2v) is 4.16. The molecule has 92 valence electrons. The molecule has 0 radical (unpaired) electrons. The molecular weight excluding hydrogens is 220 g/mol. The highest BCUT2D eigenvalue weighted by Gasteiger charge is 2.31. The molecule has 0 spiro atoms. The highest BCUT2D eigenvalue weighted by Crippen LogP contribution is 2.36. The van der Waals surface area contributed by atoms with E-state index >= 15 is 0 Å². The predicted octanol–water partition coefficient (Wildman–Crippen LogP) is 1.85. The van der Waals surface area contributed by atoms with E-state index in [4.69, 9.17) is 9.84 Å². The minimum atomic E-state index is -0.996. The number of hydrogen-bond acceptors (Lipinski definition) is 3. The largest absolute Gasteiger partial charge is 0.491 e. The highest BCUT2D eigenvalue weighted by atomic mass is 16.5. The van der Waals surface area contributed by atoms with Crippen molar-refractivity contribution >= 4 is 6.09 Å². The molecule has 1 aromatic rings. The van der Waals surface area contributed by atoms with E-state index in [1.807, 2.05) is 12.1 Å². The van der Waals surface area contributed by atoms with Crippen LogP contribution in [-0.4, -0.2) is 29.3 Å². The Bertz CT molecular complexity index is 408. The van der Waals surface area contributed by atoms with E-state index in [-0.39, 0.29) is 5.92 Å². The summed E-state index contributed by atoms with van der Waals surface area (Å²) >= 11 is 0. The smallest absolute Gasteiger partial charge is 0.404 e. The molecule has 2 atom stereocenters. The first kappa shape index (κ1) is 11.7. The number of aromatic nitrogens is 1. The molecule has 2 rings (SSSR count). The second-order valence-electron chi connectivity index (χ2n) is 4.16. The zero-order chi connectivity index (χ0) is 12.3. The Balaban J connectivity index is 2.21. The van der Waals surface area contributed by atoms with Crippen molar-refractivity contribution in [1.82, 2.24) is 10.3 Å². The molecule has 0 aliphatic carbocycles. The molecule has 1 aliphatic rings. The van der Waals surface area contributed by atoms with Crippen LogP contribution in [-0.2, 0) is 0 Å². The van der Waals surface area contributed by atoms with Crippen LogP contribution in [0.15, 0.2) is 18.3 Å². The summed E-state index contributed by atoms with van der Waals surface area (Å²) in [5.74, 6) is 1.18. The van der Waals surface area contributed by atoms with Crippen LogP contribution < -0.4 is 10.1 Å². The lowest BCUT2D eigenvalue weighted by Crippen LogP contribution is -2.35. The average Bonchev–Trinajstić information content (AvgIpc) is 2.35. The number of carboxylic acid groups (broad SMARTS) is 1. The van der Waals surface area contributed by atoms with Crippen LogP contribution in [0.3, 0.4) is 0 Å². The van der Waals surface area contributed by atoms with E-state index < -0.39 is 6.09 Å². The van der Waals surface area contributed by atoms with Gasteiger partial charge >= 0.3 is 6.09 Å². The first-order valence-electron chi connectivity index (χ1n) is 5.77. The summed E-state index contributed by atoms with van der Waals surface area (Å²) in [5.41, 5.74) is 0.861. The van der Waals surface area contributed by atoms with Gasteiger partial charge in [-0.05, 0) is 18.6 Å². The van der Waals surface area contributed by atoms with Gasteiger partial charge in [-0.2, -0.15) is 0 Å². The second kappa shape index (κ2) is 5.03. The third kappa shape index (κ3) is 2.49. The summed E-state index contributed by atoms with van der Waals surface area (Å²) < 4.78 is 5.63. The number of rotatable bonds is 3. The third-order valence-electron chi connectivity index (χ3n) is 3.17. The van der Waals surface area contributed by atoms with Gasteiger partial charge in [0.05, 0.1) is 12.3 Å². The quantitative estimate of drug-likeness (QED) is 0.840. The van der Waals surface area contributed by atoms with E-state index in [1.54, 1.807) is 6.20 Å². The first-order valence-corrected chi connectivity index (χ1v) is 5.77. The summed E-state index contributed by atoms with van der Waals surface area (Å²) in [5, 5.41) is 11.1. The van der Waals surface area contributed by atoms with Crippen molar-refractivity contribution in [3.05, 3.63) is 24.0 Å². The van der Waals surface area contributed by atoms with Crippen LogP contribution in [0, 0.1) is 5.92 Å². The minimum Gasteiger partial charge on any atom is -0.491 e. The summed E-state index contributed by atoms with van der Waals surface area (Å²) in [6, 6.07) is 3.70. The summed E-state index contributed by atoms with van der Waals surface area (Å²) in [6.07, 6.45) is 1.67. The van der Waals surface area contributed by atoms with E-state index in [0.717, 1.165) is 17.9 Å². The fraction of sp³-hybridized carbons (Fsp3) is 0.500. The van der Waals surface area contributed by atoms with Gasteiger partial charge in [0.2, 0.25) is 0 Å². The van der Waals surface area contributed by atoms with Crippen molar-refractivity contribution in [1.29, 1.82) is 0 Å². The average molecular weight is 236 g/mol. The van der Waals surface area contributed by atoms with Crippen molar-refractivity contribution in [3.8, 4) is 5.75 Å². The van der Waals surface area contributed by atoms with Crippen LogP contribution >= 0.6 is 0 Å². The van der Waals surface area contributed by atoms with Gasteiger partial charge in [0.15, 0.2) is 0 Å². The molecule has 1 aromatic heterocycles. The van der Waals surface area contributed by atoms with E-state index in [0.29, 0.717) is 19.1 Å². The lowest BCUT2D eigenvalue weighted by molar-refractivity contribution is 0.172. The summed E-state index contributed by atoms with van der Waals surface area (Å²) in [7, 11) is 0. The standard InChI is InChI=1S/C12H16N2O3/c1-2-8-7-17-10-4-3-5-13-11(10)9(8)6-14-12(15)16/h3-5,8-9,14H,2,6-7H2,1H3,(H,15,16)/t8-,9+/m0/s1. The van der Waals surface area contributed by atoms with Gasteiger partial charge in [-0.25, -0.2) is 4.79 Å². The van der Waals surface area contributed by atoms with Gasteiger partial charge in [-0.1, -0.05) is 6.92 Å². The number of ether oxygens (including phenoxy) is 1. The lowest BCUT2D eigenvalue weighted by atomic mass is 9.85. The van der Waals surface area contributed by atoms with Gasteiger partial charge in [-0.15, -0.1) is 0 Å². The molecule has 0 fully saturated rings. The molecule has 1 amide bonds. The molecule has 0 aromatic carbocycles. The number of nitrogens with zero attached hydrogens (tertiary/aromatic N) is 1. The Morgan fingerprint density at radius 1 is 1.71 bits per heavy atom. The monoisotopic (exact) mass is 236 g/mol. The number of amides is 1. The number of hydrogen-bond donors (Lipinski definition) is 2. The van der Waals surface area contributed by atoms with Gasteiger partial charge < -0.3 is 15.2 Å². The molecule has 0 unspecified atom stereocenters. The molecular formula is C12H16N2O3. The lowest BCUT2D eigenvalue weighted by Gasteiger charge is -2.31. The molecule has 2 heterocycles. The minimum absolute atomic E-state index is 0.0982. The van der Waals surface area contributed by atoms with Crippen LogP contribution in [0.2, 0.25) is 0 Å². The fourth-order valence-corrected chi connectivity index (χ4v) is 2.20. The number of nitrogens with one attached hydrogen (secondary N) is 1. The van der Waals surface area contributed by atoms with E-state index in [1.165, 1.54) is 0 Å². The molecule has 5 heteroatoms. The van der Waals surface area contributed by atoms with Gasteiger partial charge in [0.1, 0.15) is 5.75 Å². The number of pyridine rings is 1. The summed E-state index contributed by atoms with van der Waals surface area (Å²) in [4.78, 5) is 14.9. The molecule has 2 N–H and O–H groups in total. The Morgan fingerprint density at radius 2 is 2.53 bits per heavy atom. The van der Waals surface area contributed by atoms with Crippen molar-refractivity contribution in [2.75, 3.05) is 13.2 Å². The number of carbonyl (C=O) groups is 1. The Morgan fingerprint density at radius 3 is 3.24 bits per heavy atom. The van der Waals surface area contributed by atoms with Crippen molar-refractivity contribution in [2.24, 2.45) is 5.92 Å². The van der Waals surface area contributed by atoms with Crippen LogP contribution in [0.25, 0.3) is 0 Å². The maximum absolute atomic E-state index is 10.6. The Labute approximate surface area is 99.8 Å². The van der Waals surface area contributed by atoms with Crippen molar-refractivity contribution in [3.63, 3.8) is 0 Å². The highest BCUT2D eigenvalue weighted by molar-refractivity contribution is 5.64. The first-order chi connectivity index (χ1) is 8.22. The normalized spacial score (nSPS) is 22.4. The molecule has 17 heavy (non-hydrogen) atoms. The molecule has 0 bridgehead atoms. The topological polar surface area (TPSA) is 71.5 Å². The van der Waals surface area contributed by atoms with E-state index in [9.17, 15) is 4.79 Å². The fourth-order valence-electron chi connectivity index (χ4n) is 2.20. The zero-order valence-corrected chi connectivity index (χ0v) is 9.72. The molecule has 0 saturated carbocycles. The zero-order valence-electron chi connectivity index (χ0n) is 9.72. The van der Waals surface area contributed by atoms with Gasteiger partial charge in [0.25, 0.3) is 0 Å². The van der Waals surface area contributed by atoms with E-state index in [2.05, 4.69) is 17.2 Å². The Hall–Kier alpha value is -1.78. The molecule has 1 aliphatic heterocycles. The molecule has 0 saturated heterocycles. The van der Waals surface area contributed by atoms with Gasteiger partial charge in [0, 0.05) is 24.6 Å². The Kier molecular flexibility index (Phi) is 3.46. The maximum Gasteiger partial charge on any atom is 0.404 e. The summed E-state index contributed by atoms with van der Waals surface area (Å²) in [6.45, 7) is 3.10. The van der Waals surface area contributed by atoms with Crippen molar-refractivity contribution in [2.45, 2.75) is 19.3 Å². The number of fused-ring (bicyclic) bond motifs is 1. The van der Waals surface area contributed by atoms with Crippen LogP contribution in [0.5, 0.6) is 5.75 Å². The molecule has 5 nitrogen and oxygen atoms in total. The van der Waals surface area contributed by atoms with Crippen molar-refractivity contribution < 1.29 is 14.6 Å². The van der Waals surface area contributed by atoms with Crippen LogP contribution in [0.4, 0.5) is 4.79 Å². The maximum atomic E-state index is 10.6. The van der Waals surface area contributed by atoms with Crippen LogP contribution in [0.1, 0.15) is 25.0 Å². The third-order valence-corrected chi connectivity index (χ3v) is 3.17. The predicted molar refractivity (Wildman–Crippen MR) is 62.3 cm³/mol. The van der Waals surface area contributed by atoms with Gasteiger partial charge in [-0.3, -0.25) is 4.98 Å². The SMILES string of the molecule is CC[C@H]1COc2cccnc2[C@@H]1CNC(=O)O.